The molecule has 0 aromatic carbocycles. The number of hydrogen-bond acceptors (Lipinski definition) is 9. The summed E-state index contributed by atoms with van der Waals surface area (Å²) in [7, 11) is 0. The number of aliphatic imine (C=N–C) groups is 1. The average Bonchev–Trinajstić information content (AvgIpc) is 3.37. The van der Waals surface area contributed by atoms with Crippen molar-refractivity contribution < 1.29 is 18.8 Å². The largest absolute Gasteiger partial charge is 0.465 e. The molecule has 0 saturated heterocycles. The molecular formula is C20H20N4O4S2. The number of rotatable bonds is 7. The van der Waals surface area contributed by atoms with Crippen LogP contribution >= 0.6 is 23.1 Å². The molecule has 1 aliphatic heterocycles. The van der Waals surface area contributed by atoms with Gasteiger partial charge in [0.2, 0.25) is 5.91 Å². The number of nitriles is 1. The number of nitrogens with one attached hydrogen (secondary N) is 1. The van der Waals surface area contributed by atoms with Gasteiger partial charge in [-0.25, -0.2) is 4.99 Å². The number of nitrogens with zero attached hydrogens (tertiary/aromatic N) is 3. The van der Waals surface area contributed by atoms with E-state index in [1.807, 2.05) is 17.5 Å². The summed E-state index contributed by atoms with van der Waals surface area (Å²) in [6, 6.07) is 7.58. The van der Waals surface area contributed by atoms with Crippen molar-refractivity contribution in [3.05, 3.63) is 44.8 Å². The van der Waals surface area contributed by atoms with Gasteiger partial charge in [-0.15, -0.1) is 11.3 Å². The molecule has 1 unspecified atom stereocenters. The molecule has 1 N–H and O–H groups in total. The summed E-state index contributed by atoms with van der Waals surface area (Å²) in [4.78, 5) is 30.3. The average molecular weight is 445 g/mol. The van der Waals surface area contributed by atoms with E-state index in [-0.39, 0.29) is 18.3 Å². The zero-order valence-electron chi connectivity index (χ0n) is 16.7. The van der Waals surface area contributed by atoms with Crippen LogP contribution < -0.4 is 5.32 Å². The Kier molecular flexibility index (Phi) is 7.07. The lowest BCUT2D eigenvalue weighted by Crippen LogP contribution is -2.33. The topological polar surface area (TPSA) is 118 Å². The molecule has 1 amide bonds. The molecule has 30 heavy (non-hydrogen) atoms. The number of thioether (sulfide) groups is 1. The van der Waals surface area contributed by atoms with Crippen LogP contribution in [0.25, 0.3) is 0 Å². The second kappa shape index (κ2) is 9.73. The van der Waals surface area contributed by atoms with Crippen LogP contribution in [0.1, 0.15) is 30.4 Å². The Morgan fingerprint density at radius 2 is 2.23 bits per heavy atom. The van der Waals surface area contributed by atoms with Gasteiger partial charge in [-0.2, -0.15) is 5.26 Å². The maximum atomic E-state index is 12.6. The minimum absolute atomic E-state index is 0.0322. The Labute approximate surface area is 182 Å². The molecule has 3 heterocycles. The predicted molar refractivity (Wildman–Crippen MR) is 115 cm³/mol. The standard InChI is InChI=1S/C20H20N4O4S2/c1-4-27-20(26)17-12(3)22-19(13(9-21)18(17)14-6-5-7-29-14)30-10-16(25)23-15-8-11(2)28-24-15/h5-8,17-18H,4,10H2,1-3H3,(H,23,24,25)/t17?,18-/m0/s1. The second-order valence-electron chi connectivity index (χ2n) is 6.47. The molecule has 10 heteroatoms. The van der Waals surface area contributed by atoms with Crippen LogP contribution in [0.2, 0.25) is 0 Å². The highest BCUT2D eigenvalue weighted by atomic mass is 32.2. The number of allylic oxidation sites excluding steroid dienone is 1. The fraction of sp³-hybridized carbons (Fsp3) is 0.350. The van der Waals surface area contributed by atoms with E-state index in [4.69, 9.17) is 9.26 Å². The van der Waals surface area contributed by atoms with Crippen LogP contribution in [-0.4, -0.2) is 35.1 Å². The summed E-state index contributed by atoms with van der Waals surface area (Å²) in [5.74, 6) is -0.924. The molecule has 8 nitrogen and oxygen atoms in total. The molecule has 2 aromatic heterocycles. The van der Waals surface area contributed by atoms with Gasteiger partial charge in [0, 0.05) is 22.6 Å². The zero-order chi connectivity index (χ0) is 21.7. The van der Waals surface area contributed by atoms with E-state index < -0.39 is 17.8 Å². The van der Waals surface area contributed by atoms with E-state index in [0.717, 1.165) is 16.6 Å². The van der Waals surface area contributed by atoms with Gasteiger partial charge in [0.25, 0.3) is 0 Å². The van der Waals surface area contributed by atoms with E-state index in [9.17, 15) is 14.9 Å². The van der Waals surface area contributed by atoms with Gasteiger partial charge < -0.3 is 14.6 Å². The Bertz CT molecular complexity index is 1030. The third kappa shape index (κ3) is 4.80. The molecule has 0 saturated carbocycles. The molecule has 1 aliphatic rings. The molecule has 0 spiro atoms. The van der Waals surface area contributed by atoms with Crippen molar-refractivity contribution in [1.29, 1.82) is 5.26 Å². The molecule has 0 fully saturated rings. The maximum absolute atomic E-state index is 12.6. The Morgan fingerprint density at radius 1 is 1.43 bits per heavy atom. The van der Waals surface area contributed by atoms with E-state index in [0.29, 0.717) is 27.9 Å². The minimum Gasteiger partial charge on any atom is -0.465 e. The van der Waals surface area contributed by atoms with Crippen molar-refractivity contribution in [2.45, 2.75) is 26.7 Å². The summed E-state index contributed by atoms with van der Waals surface area (Å²) >= 11 is 2.61. The summed E-state index contributed by atoms with van der Waals surface area (Å²) in [6.07, 6.45) is 0. The first kappa shape index (κ1) is 21.8. The fourth-order valence-corrected chi connectivity index (χ4v) is 4.86. The van der Waals surface area contributed by atoms with Gasteiger partial charge in [-0.3, -0.25) is 9.59 Å². The highest BCUT2D eigenvalue weighted by Gasteiger charge is 2.41. The van der Waals surface area contributed by atoms with Crippen molar-refractivity contribution in [3.8, 4) is 6.07 Å². The minimum atomic E-state index is -0.672. The van der Waals surface area contributed by atoms with Crippen molar-refractivity contribution in [3.63, 3.8) is 0 Å². The number of amides is 1. The smallest absolute Gasteiger partial charge is 0.315 e. The molecular weight excluding hydrogens is 424 g/mol. The molecule has 0 bridgehead atoms. The molecule has 0 radical (unpaired) electrons. The predicted octanol–water partition coefficient (Wildman–Crippen LogP) is 3.89. The number of ether oxygens (including phenoxy) is 1. The molecule has 2 aromatic rings. The Morgan fingerprint density at radius 3 is 2.83 bits per heavy atom. The van der Waals surface area contributed by atoms with Crippen molar-refractivity contribution in [2.24, 2.45) is 10.9 Å². The van der Waals surface area contributed by atoms with Gasteiger partial charge in [0.15, 0.2) is 5.82 Å². The number of carbonyl (C=O) groups excluding carboxylic acids is 2. The molecule has 2 atom stereocenters. The van der Waals surface area contributed by atoms with Gasteiger partial charge in [0.1, 0.15) is 16.7 Å². The van der Waals surface area contributed by atoms with Crippen LogP contribution in [-0.2, 0) is 14.3 Å². The second-order valence-corrected chi connectivity index (χ2v) is 8.41. The van der Waals surface area contributed by atoms with Crippen molar-refractivity contribution >= 4 is 46.5 Å². The van der Waals surface area contributed by atoms with E-state index in [1.165, 1.54) is 11.3 Å². The van der Waals surface area contributed by atoms with E-state index >= 15 is 0 Å². The lowest BCUT2D eigenvalue weighted by molar-refractivity contribution is -0.146. The Balaban J connectivity index is 1.85. The number of aryl methyl sites for hydroxylation is 1. The summed E-state index contributed by atoms with van der Waals surface area (Å²) in [6.45, 7) is 5.46. The highest BCUT2D eigenvalue weighted by Crippen LogP contribution is 2.43. The lowest BCUT2D eigenvalue weighted by atomic mass is 9.81. The monoisotopic (exact) mass is 444 g/mol. The first-order chi connectivity index (χ1) is 14.4. The van der Waals surface area contributed by atoms with Crippen LogP contribution in [0.5, 0.6) is 0 Å². The van der Waals surface area contributed by atoms with E-state index in [1.54, 1.807) is 26.8 Å². The van der Waals surface area contributed by atoms with Gasteiger partial charge in [-0.1, -0.05) is 23.0 Å². The number of anilines is 1. The highest BCUT2D eigenvalue weighted by molar-refractivity contribution is 8.03. The van der Waals surface area contributed by atoms with E-state index in [2.05, 4.69) is 21.5 Å². The van der Waals surface area contributed by atoms with Crippen molar-refractivity contribution in [2.75, 3.05) is 17.7 Å². The lowest BCUT2D eigenvalue weighted by Gasteiger charge is -2.29. The number of aromatic nitrogens is 1. The van der Waals surface area contributed by atoms with Crippen molar-refractivity contribution in [1.82, 2.24) is 5.16 Å². The quantitative estimate of drug-likeness (QED) is 0.644. The third-order valence-electron chi connectivity index (χ3n) is 4.35. The number of thiophene rings is 1. The van der Waals surface area contributed by atoms with Crippen LogP contribution in [0.15, 0.2) is 43.7 Å². The Hall–Kier alpha value is -2.90. The van der Waals surface area contributed by atoms with Crippen LogP contribution in [0.3, 0.4) is 0 Å². The summed E-state index contributed by atoms with van der Waals surface area (Å²) in [5, 5.41) is 18.6. The maximum Gasteiger partial charge on any atom is 0.315 e. The number of carbonyl (C=O) groups is 2. The van der Waals surface area contributed by atoms with Crippen LogP contribution in [0.4, 0.5) is 5.82 Å². The zero-order valence-corrected chi connectivity index (χ0v) is 18.3. The fourth-order valence-electron chi connectivity index (χ4n) is 3.11. The molecule has 156 valence electrons. The first-order valence-corrected chi connectivity index (χ1v) is 11.1. The van der Waals surface area contributed by atoms with Crippen LogP contribution in [0, 0.1) is 24.2 Å². The summed E-state index contributed by atoms with van der Waals surface area (Å²) in [5.41, 5.74) is 0.914. The van der Waals surface area contributed by atoms with Gasteiger partial charge in [0.05, 0.1) is 24.0 Å². The third-order valence-corrected chi connectivity index (χ3v) is 6.30. The normalized spacial score (nSPS) is 18.5. The molecule has 0 aliphatic carbocycles. The summed E-state index contributed by atoms with van der Waals surface area (Å²) < 4.78 is 10.2. The SMILES string of the molecule is CCOC(=O)C1C(C)=NC(SCC(=O)Nc2cc(C)on2)=C(C#N)[C@H]1c1cccs1. The number of hydrogen-bond donors (Lipinski definition) is 1. The molecule has 3 rings (SSSR count). The van der Waals surface area contributed by atoms with Gasteiger partial charge in [-0.05, 0) is 32.2 Å². The number of esters is 1. The first-order valence-electron chi connectivity index (χ1n) is 9.20. The van der Waals surface area contributed by atoms with Gasteiger partial charge >= 0.3 is 5.97 Å².